The zero-order chi connectivity index (χ0) is 20.7. The van der Waals surface area contributed by atoms with E-state index in [1.165, 1.54) is 13.3 Å². The predicted molar refractivity (Wildman–Crippen MR) is 109 cm³/mol. The van der Waals surface area contributed by atoms with Gasteiger partial charge in [0.1, 0.15) is 5.60 Å². The number of carbonyl (C=O) groups excluding carboxylic acids is 2. The number of benzene rings is 2. The molecule has 28 heavy (non-hydrogen) atoms. The number of rotatable bonds is 5. The molecule has 0 aliphatic rings. The largest absolute Gasteiger partial charge is 0.493 e. The van der Waals surface area contributed by atoms with Crippen molar-refractivity contribution >= 4 is 34.2 Å². The van der Waals surface area contributed by atoms with Crippen LogP contribution in [-0.2, 0) is 4.74 Å². The Kier molecular flexibility index (Phi) is 7.17. The highest BCUT2D eigenvalue weighted by atomic mass is 79.9. The highest BCUT2D eigenvalue weighted by Crippen LogP contribution is 2.28. The standard InChI is InChI=1S/C20H21BrN2O5/c1-20(2,3)28-19(25)23-22-12-13-5-10-16(17(11-13)26-4)27-18(24)14-6-8-15(21)9-7-14/h5-12H,1-4H3,(H,23,25)/b22-12+. The van der Waals surface area contributed by atoms with E-state index in [9.17, 15) is 9.59 Å². The molecule has 1 N–H and O–H groups in total. The van der Waals surface area contributed by atoms with Crippen molar-refractivity contribution in [3.8, 4) is 11.5 Å². The van der Waals surface area contributed by atoms with Crippen LogP contribution >= 0.6 is 15.9 Å². The summed E-state index contributed by atoms with van der Waals surface area (Å²) in [5, 5.41) is 3.83. The lowest BCUT2D eigenvalue weighted by atomic mass is 10.2. The maximum Gasteiger partial charge on any atom is 0.428 e. The molecule has 148 valence electrons. The van der Waals surface area contributed by atoms with Crippen molar-refractivity contribution in [1.29, 1.82) is 0 Å². The molecular weight excluding hydrogens is 428 g/mol. The van der Waals surface area contributed by atoms with Gasteiger partial charge < -0.3 is 14.2 Å². The second-order valence-electron chi connectivity index (χ2n) is 6.68. The zero-order valence-electron chi connectivity index (χ0n) is 16.0. The van der Waals surface area contributed by atoms with Gasteiger partial charge >= 0.3 is 12.1 Å². The molecule has 0 unspecified atom stereocenters. The molecule has 0 saturated heterocycles. The Morgan fingerprint density at radius 2 is 1.75 bits per heavy atom. The molecule has 0 fully saturated rings. The van der Waals surface area contributed by atoms with Crippen LogP contribution in [0.5, 0.6) is 11.5 Å². The molecule has 2 aromatic rings. The molecule has 0 aliphatic heterocycles. The number of hydrogen-bond acceptors (Lipinski definition) is 6. The van der Waals surface area contributed by atoms with Crippen LogP contribution in [0.25, 0.3) is 0 Å². The maximum atomic E-state index is 12.3. The Hall–Kier alpha value is -2.87. The van der Waals surface area contributed by atoms with Crippen LogP contribution in [0.1, 0.15) is 36.7 Å². The number of amides is 1. The van der Waals surface area contributed by atoms with Gasteiger partial charge in [-0.25, -0.2) is 15.0 Å². The third-order valence-electron chi connectivity index (χ3n) is 3.24. The highest BCUT2D eigenvalue weighted by molar-refractivity contribution is 9.10. The van der Waals surface area contributed by atoms with Crippen LogP contribution in [0.2, 0.25) is 0 Å². The fraction of sp³-hybridized carbons (Fsp3) is 0.250. The van der Waals surface area contributed by atoms with E-state index < -0.39 is 17.7 Å². The van der Waals surface area contributed by atoms with Crippen molar-refractivity contribution in [3.63, 3.8) is 0 Å². The first kappa shape index (κ1) is 21.4. The Morgan fingerprint density at radius 1 is 1.07 bits per heavy atom. The van der Waals surface area contributed by atoms with Gasteiger partial charge in [-0.1, -0.05) is 15.9 Å². The van der Waals surface area contributed by atoms with Crippen LogP contribution < -0.4 is 14.9 Å². The summed E-state index contributed by atoms with van der Waals surface area (Å²) in [6, 6.07) is 11.7. The zero-order valence-corrected chi connectivity index (χ0v) is 17.6. The Bertz CT molecular complexity index is 873. The monoisotopic (exact) mass is 448 g/mol. The fourth-order valence-electron chi connectivity index (χ4n) is 2.05. The molecule has 0 heterocycles. The van der Waals surface area contributed by atoms with Crippen LogP contribution in [-0.4, -0.2) is 31.0 Å². The molecule has 8 heteroatoms. The minimum atomic E-state index is -0.657. The Labute approximate surface area is 171 Å². The van der Waals surface area contributed by atoms with E-state index in [2.05, 4.69) is 26.5 Å². The molecule has 0 radical (unpaired) electrons. The first-order chi connectivity index (χ1) is 13.2. The van der Waals surface area contributed by atoms with Gasteiger partial charge in [-0.3, -0.25) is 0 Å². The lowest BCUT2D eigenvalue weighted by Gasteiger charge is -2.18. The van der Waals surface area contributed by atoms with Crippen LogP contribution in [0, 0.1) is 0 Å². The smallest absolute Gasteiger partial charge is 0.428 e. The molecule has 0 saturated carbocycles. The molecule has 0 aromatic heterocycles. The summed E-state index contributed by atoms with van der Waals surface area (Å²) in [6.07, 6.45) is 0.767. The number of nitrogens with one attached hydrogen (secondary N) is 1. The average molecular weight is 449 g/mol. The molecule has 0 aliphatic carbocycles. The van der Waals surface area contributed by atoms with Crippen molar-refractivity contribution in [2.24, 2.45) is 5.10 Å². The number of hydrazone groups is 1. The summed E-state index contributed by atoms with van der Waals surface area (Å²) in [7, 11) is 1.46. The third-order valence-corrected chi connectivity index (χ3v) is 3.77. The second-order valence-corrected chi connectivity index (χ2v) is 7.59. The summed E-state index contributed by atoms with van der Waals surface area (Å²) >= 11 is 3.32. The van der Waals surface area contributed by atoms with Gasteiger partial charge in [0, 0.05) is 4.47 Å². The lowest BCUT2D eigenvalue weighted by Crippen LogP contribution is -2.29. The quantitative estimate of drug-likeness (QED) is 0.314. The summed E-state index contributed by atoms with van der Waals surface area (Å²) in [4.78, 5) is 23.8. The van der Waals surface area contributed by atoms with E-state index in [1.54, 1.807) is 63.2 Å². The van der Waals surface area contributed by atoms with Gasteiger partial charge in [0.15, 0.2) is 11.5 Å². The van der Waals surface area contributed by atoms with Crippen LogP contribution in [0.4, 0.5) is 4.79 Å². The number of methoxy groups -OCH3 is 1. The topological polar surface area (TPSA) is 86.2 Å². The number of hydrogen-bond donors (Lipinski definition) is 1. The molecule has 2 rings (SSSR count). The molecule has 0 atom stereocenters. The summed E-state index contributed by atoms with van der Waals surface area (Å²) in [5.41, 5.74) is 2.72. The molecule has 0 spiro atoms. The lowest BCUT2D eigenvalue weighted by molar-refractivity contribution is 0.0529. The van der Waals surface area contributed by atoms with Gasteiger partial charge in [-0.2, -0.15) is 5.10 Å². The van der Waals surface area contributed by atoms with Crippen LogP contribution in [0.3, 0.4) is 0 Å². The van der Waals surface area contributed by atoms with Crippen LogP contribution in [0.15, 0.2) is 52.0 Å². The third kappa shape index (κ3) is 6.70. The van der Waals surface area contributed by atoms with E-state index in [0.717, 1.165) is 4.47 Å². The second kappa shape index (κ2) is 9.36. The highest BCUT2D eigenvalue weighted by Gasteiger charge is 2.15. The average Bonchev–Trinajstić information content (AvgIpc) is 2.61. The van der Waals surface area contributed by atoms with Crippen molar-refractivity contribution in [2.45, 2.75) is 26.4 Å². The number of carbonyl (C=O) groups is 2. The van der Waals surface area contributed by atoms with Gasteiger partial charge in [0.25, 0.3) is 0 Å². The number of esters is 1. The first-order valence-electron chi connectivity index (χ1n) is 8.36. The molecule has 7 nitrogen and oxygen atoms in total. The van der Waals surface area contributed by atoms with Gasteiger partial charge in [0.05, 0.1) is 18.9 Å². The maximum absolute atomic E-state index is 12.3. The summed E-state index contributed by atoms with van der Waals surface area (Å²) in [5.74, 6) is 0.123. The summed E-state index contributed by atoms with van der Waals surface area (Å²) < 4.78 is 16.6. The predicted octanol–water partition coefficient (Wildman–Crippen LogP) is 4.54. The molecule has 0 bridgehead atoms. The van der Waals surface area contributed by atoms with Crippen molar-refractivity contribution in [3.05, 3.63) is 58.1 Å². The number of nitrogens with zero attached hydrogens (tertiary/aromatic N) is 1. The van der Waals surface area contributed by atoms with Gasteiger partial charge in [-0.15, -0.1) is 0 Å². The van der Waals surface area contributed by atoms with E-state index >= 15 is 0 Å². The van der Waals surface area contributed by atoms with Gasteiger partial charge in [-0.05, 0) is 68.8 Å². The minimum Gasteiger partial charge on any atom is -0.493 e. The Morgan fingerprint density at radius 3 is 2.36 bits per heavy atom. The minimum absolute atomic E-state index is 0.271. The SMILES string of the molecule is COc1cc(/C=N/NC(=O)OC(C)(C)C)ccc1OC(=O)c1ccc(Br)cc1. The molecule has 1 amide bonds. The van der Waals surface area contributed by atoms with E-state index in [4.69, 9.17) is 14.2 Å². The fourth-order valence-corrected chi connectivity index (χ4v) is 2.32. The molecule has 2 aromatic carbocycles. The summed E-state index contributed by atoms with van der Waals surface area (Å²) in [6.45, 7) is 5.28. The van der Waals surface area contributed by atoms with Crippen molar-refractivity contribution in [2.75, 3.05) is 7.11 Å². The first-order valence-corrected chi connectivity index (χ1v) is 9.15. The number of ether oxygens (including phenoxy) is 3. The van der Waals surface area contributed by atoms with E-state index in [-0.39, 0.29) is 5.75 Å². The van der Waals surface area contributed by atoms with E-state index in [0.29, 0.717) is 16.9 Å². The Balaban J connectivity index is 2.05. The van der Waals surface area contributed by atoms with Gasteiger partial charge in [0.2, 0.25) is 0 Å². The normalized spacial score (nSPS) is 11.2. The van der Waals surface area contributed by atoms with Crippen molar-refractivity contribution in [1.82, 2.24) is 5.43 Å². The number of halogens is 1. The van der Waals surface area contributed by atoms with E-state index in [1.807, 2.05) is 0 Å². The van der Waals surface area contributed by atoms with Crippen molar-refractivity contribution < 1.29 is 23.8 Å². The molecular formula is C20H21BrN2O5.